The summed E-state index contributed by atoms with van der Waals surface area (Å²) in [6.45, 7) is 2.17. The van der Waals surface area contributed by atoms with E-state index in [1.807, 2.05) is 0 Å². The first-order chi connectivity index (χ1) is 11.5. The molecule has 24 heavy (non-hydrogen) atoms. The fourth-order valence-electron chi connectivity index (χ4n) is 2.23. The largest absolute Gasteiger partial charge is 0.351 e. The molecular formula is C14H27N7O3. The molecule has 0 aromatic rings. The van der Waals surface area contributed by atoms with Gasteiger partial charge in [-0.25, -0.2) is 9.79 Å². The maximum absolute atomic E-state index is 12.1. The maximum Gasteiger partial charge on any atom is 0.318 e. The van der Waals surface area contributed by atoms with E-state index in [-0.39, 0.29) is 18.4 Å². The molecule has 0 saturated heterocycles. The zero-order chi connectivity index (χ0) is 17.9. The Kier molecular flexibility index (Phi) is 8.72. The number of nitrogens with zero attached hydrogens (tertiary/aromatic N) is 2. The van der Waals surface area contributed by atoms with E-state index in [0.29, 0.717) is 19.5 Å². The van der Waals surface area contributed by atoms with Crippen LogP contribution < -0.4 is 27.4 Å². The molecule has 0 saturated carbocycles. The van der Waals surface area contributed by atoms with Gasteiger partial charge >= 0.3 is 6.03 Å². The van der Waals surface area contributed by atoms with Crippen molar-refractivity contribution in [3.8, 4) is 0 Å². The van der Waals surface area contributed by atoms with Gasteiger partial charge in [0.15, 0.2) is 0 Å². The van der Waals surface area contributed by atoms with Crippen LogP contribution in [0.5, 0.6) is 0 Å². The van der Waals surface area contributed by atoms with Crippen molar-refractivity contribution in [3.05, 3.63) is 0 Å². The Labute approximate surface area is 141 Å². The third-order valence-corrected chi connectivity index (χ3v) is 3.64. The van der Waals surface area contributed by atoms with Gasteiger partial charge in [0.2, 0.25) is 11.9 Å². The number of primary amides is 1. The van der Waals surface area contributed by atoms with Crippen LogP contribution in [0.15, 0.2) is 4.99 Å². The quantitative estimate of drug-likeness (QED) is 0.309. The Hall–Kier alpha value is -2.20. The molecule has 0 aromatic carbocycles. The number of nitrogens with one attached hydrogen (secondary N) is 3. The number of rotatable bonds is 9. The minimum absolute atomic E-state index is 0.00347. The van der Waals surface area contributed by atoms with Crippen LogP contribution in [0.3, 0.4) is 0 Å². The van der Waals surface area contributed by atoms with E-state index in [0.717, 1.165) is 25.8 Å². The average molecular weight is 341 g/mol. The van der Waals surface area contributed by atoms with Gasteiger partial charge in [0.25, 0.3) is 5.91 Å². The zero-order valence-electron chi connectivity index (χ0n) is 14.0. The minimum atomic E-state index is -0.811. The monoisotopic (exact) mass is 341 g/mol. The molecule has 1 aliphatic heterocycles. The Morgan fingerprint density at radius 3 is 2.71 bits per heavy atom. The number of amides is 4. The lowest BCUT2D eigenvalue weighted by Gasteiger charge is -2.29. The number of hydrogen-bond acceptors (Lipinski definition) is 6. The van der Waals surface area contributed by atoms with Crippen molar-refractivity contribution < 1.29 is 14.4 Å². The molecule has 10 nitrogen and oxygen atoms in total. The zero-order valence-corrected chi connectivity index (χ0v) is 14.0. The molecule has 1 unspecified atom stereocenters. The second-order valence-corrected chi connectivity index (χ2v) is 5.54. The number of likely N-dealkylation sites (N-methyl/N-ethyl adjacent to an activating group) is 1. The summed E-state index contributed by atoms with van der Waals surface area (Å²) in [6, 6.07) is -1.50. The van der Waals surface area contributed by atoms with Crippen LogP contribution in [-0.4, -0.2) is 68.0 Å². The first kappa shape index (κ1) is 19.8. The highest BCUT2D eigenvalue weighted by Gasteiger charge is 2.30. The van der Waals surface area contributed by atoms with E-state index in [4.69, 9.17) is 11.5 Å². The molecule has 1 aliphatic rings. The fourth-order valence-corrected chi connectivity index (χ4v) is 2.23. The molecule has 10 heteroatoms. The highest BCUT2D eigenvalue weighted by molar-refractivity contribution is 6.07. The van der Waals surface area contributed by atoms with Crippen molar-refractivity contribution >= 4 is 23.8 Å². The van der Waals surface area contributed by atoms with Gasteiger partial charge in [0.1, 0.15) is 6.04 Å². The van der Waals surface area contributed by atoms with Gasteiger partial charge in [-0.15, -0.1) is 0 Å². The minimum Gasteiger partial charge on any atom is -0.351 e. The number of unbranched alkanes of at least 4 members (excludes halogenated alkanes) is 2. The number of carbonyl (C=O) groups excluding carboxylic acids is 3. The van der Waals surface area contributed by atoms with Crippen LogP contribution in [0.4, 0.5) is 4.79 Å². The smallest absolute Gasteiger partial charge is 0.318 e. The summed E-state index contributed by atoms with van der Waals surface area (Å²) in [4.78, 5) is 40.2. The second-order valence-electron chi connectivity index (χ2n) is 5.54. The van der Waals surface area contributed by atoms with Crippen molar-refractivity contribution in [1.82, 2.24) is 20.9 Å². The average Bonchev–Trinajstić information content (AvgIpc) is 2.52. The molecular weight excluding hydrogens is 314 g/mol. The first-order valence-electron chi connectivity index (χ1n) is 8.04. The van der Waals surface area contributed by atoms with Gasteiger partial charge in [0.05, 0.1) is 6.54 Å². The Morgan fingerprint density at radius 2 is 2.08 bits per heavy atom. The molecule has 1 rings (SSSR count). The number of carbonyl (C=O) groups is 3. The van der Waals surface area contributed by atoms with Crippen LogP contribution in [-0.2, 0) is 9.59 Å². The third-order valence-electron chi connectivity index (χ3n) is 3.64. The maximum atomic E-state index is 12.1. The summed E-state index contributed by atoms with van der Waals surface area (Å²) in [5.74, 6) is -0.547. The second kappa shape index (κ2) is 10.6. The number of urea groups is 1. The van der Waals surface area contributed by atoms with Crippen LogP contribution in [0.25, 0.3) is 0 Å². The summed E-state index contributed by atoms with van der Waals surface area (Å²) in [5.41, 5.74) is 10.4. The van der Waals surface area contributed by atoms with Crippen molar-refractivity contribution in [2.24, 2.45) is 16.5 Å². The van der Waals surface area contributed by atoms with Crippen molar-refractivity contribution in [3.63, 3.8) is 0 Å². The number of nitrogens with two attached hydrogens (primary N) is 2. The van der Waals surface area contributed by atoms with E-state index in [1.165, 1.54) is 4.90 Å². The van der Waals surface area contributed by atoms with Crippen LogP contribution in [0.1, 0.15) is 25.7 Å². The predicted molar refractivity (Wildman–Crippen MR) is 90.1 cm³/mol. The lowest BCUT2D eigenvalue weighted by atomic mass is 10.2. The molecule has 1 atom stereocenters. The number of hydrogen-bond donors (Lipinski definition) is 5. The molecule has 0 spiro atoms. The van der Waals surface area contributed by atoms with E-state index in [1.54, 1.807) is 7.05 Å². The van der Waals surface area contributed by atoms with Crippen molar-refractivity contribution in [2.75, 3.05) is 33.2 Å². The molecule has 0 bridgehead atoms. The molecule has 136 valence electrons. The summed E-state index contributed by atoms with van der Waals surface area (Å²) in [7, 11) is 1.57. The summed E-state index contributed by atoms with van der Waals surface area (Å²) >= 11 is 0. The predicted octanol–water partition coefficient (Wildman–Crippen LogP) is -1.92. The van der Waals surface area contributed by atoms with Gasteiger partial charge in [-0.2, -0.15) is 0 Å². The van der Waals surface area contributed by atoms with Gasteiger partial charge in [0, 0.05) is 20.0 Å². The first-order valence-corrected chi connectivity index (χ1v) is 8.04. The standard InChI is InChI=1S/C14H27N7O3/c1-21(11(22)5-8-17-7-4-2-3-6-15)10-9-18-14(19-12(10)23)20-13(16)24/h10,17H,2-9,15H2,1H3,(H4,16,18,19,20,23,24). The SMILES string of the molecule is CN(C(=O)CCNCCCCCN)C1CN=C(NC(N)=O)NC1=O. The number of guanidine groups is 1. The van der Waals surface area contributed by atoms with Gasteiger partial charge < -0.3 is 21.7 Å². The highest BCUT2D eigenvalue weighted by atomic mass is 16.2. The Balaban J connectivity index is 2.31. The normalized spacial score (nSPS) is 17.0. The molecule has 0 radical (unpaired) electrons. The molecule has 7 N–H and O–H groups in total. The topological polar surface area (TPSA) is 155 Å². The van der Waals surface area contributed by atoms with Crippen LogP contribution in [0, 0.1) is 0 Å². The number of aliphatic imine (C=N–C) groups is 1. The van der Waals surface area contributed by atoms with Gasteiger partial charge in [-0.1, -0.05) is 6.42 Å². The summed E-state index contributed by atoms with van der Waals surface area (Å²) in [6.07, 6.45) is 3.40. The lowest BCUT2D eigenvalue weighted by molar-refractivity contribution is -0.138. The van der Waals surface area contributed by atoms with E-state index in [2.05, 4.69) is 20.9 Å². The summed E-state index contributed by atoms with van der Waals surface area (Å²) in [5, 5.41) is 7.80. The van der Waals surface area contributed by atoms with Crippen LogP contribution in [0.2, 0.25) is 0 Å². The van der Waals surface area contributed by atoms with Gasteiger partial charge in [-0.3, -0.25) is 20.2 Å². The molecule has 4 amide bonds. The van der Waals surface area contributed by atoms with Crippen molar-refractivity contribution in [1.29, 1.82) is 0 Å². The lowest BCUT2D eigenvalue weighted by Crippen LogP contribution is -2.58. The van der Waals surface area contributed by atoms with Crippen LogP contribution >= 0.6 is 0 Å². The molecule has 0 fully saturated rings. The van der Waals surface area contributed by atoms with E-state index < -0.39 is 18.0 Å². The van der Waals surface area contributed by atoms with E-state index in [9.17, 15) is 14.4 Å². The fraction of sp³-hybridized carbons (Fsp3) is 0.714. The van der Waals surface area contributed by atoms with Gasteiger partial charge in [-0.05, 0) is 25.9 Å². The Morgan fingerprint density at radius 1 is 1.33 bits per heavy atom. The molecule has 0 aliphatic carbocycles. The van der Waals surface area contributed by atoms with Crippen molar-refractivity contribution in [2.45, 2.75) is 31.7 Å². The summed E-state index contributed by atoms with van der Waals surface area (Å²) < 4.78 is 0. The Bertz CT molecular complexity index is 481. The molecule has 0 aromatic heterocycles. The molecule has 1 heterocycles. The van der Waals surface area contributed by atoms with E-state index >= 15 is 0 Å². The third kappa shape index (κ3) is 6.92. The highest BCUT2D eigenvalue weighted by Crippen LogP contribution is 2.04.